The standard InChI is InChI=1S/C15H18BrN3O2/c1-2-5-18-15(20)14-10-21-7-6-19(14)13-4-3-12(16)8-11(13)9-17/h3-4,8,14H,2,5-7,10H2,1H3,(H,18,20). The molecule has 112 valence electrons. The lowest BCUT2D eigenvalue weighted by Crippen LogP contribution is -2.54. The number of anilines is 1. The highest BCUT2D eigenvalue weighted by atomic mass is 79.9. The SMILES string of the molecule is CCCNC(=O)C1COCCN1c1ccc(Br)cc1C#N. The fraction of sp³-hybridized carbons (Fsp3) is 0.467. The molecule has 1 aliphatic rings. The van der Waals surface area contributed by atoms with Crippen LogP contribution in [0.5, 0.6) is 0 Å². The minimum absolute atomic E-state index is 0.0524. The van der Waals surface area contributed by atoms with Crippen LogP contribution in [0.1, 0.15) is 18.9 Å². The molecule has 1 atom stereocenters. The Morgan fingerprint density at radius 3 is 3.14 bits per heavy atom. The molecule has 1 aromatic carbocycles. The van der Waals surface area contributed by atoms with Crippen molar-refractivity contribution in [3.8, 4) is 6.07 Å². The largest absolute Gasteiger partial charge is 0.377 e. The Labute approximate surface area is 133 Å². The average molecular weight is 352 g/mol. The normalized spacial score (nSPS) is 18.1. The zero-order valence-electron chi connectivity index (χ0n) is 11.9. The van der Waals surface area contributed by atoms with E-state index in [1.807, 2.05) is 24.0 Å². The lowest BCUT2D eigenvalue weighted by molar-refractivity contribution is -0.124. The van der Waals surface area contributed by atoms with Crippen LogP contribution in [0.4, 0.5) is 5.69 Å². The fourth-order valence-electron chi connectivity index (χ4n) is 2.32. The first kappa shape index (κ1) is 15.8. The summed E-state index contributed by atoms with van der Waals surface area (Å²) in [6.45, 7) is 4.15. The van der Waals surface area contributed by atoms with Gasteiger partial charge in [-0.2, -0.15) is 5.26 Å². The van der Waals surface area contributed by atoms with Gasteiger partial charge in [0.05, 0.1) is 24.5 Å². The summed E-state index contributed by atoms with van der Waals surface area (Å²) in [7, 11) is 0. The van der Waals surface area contributed by atoms with Crippen molar-refractivity contribution in [3.05, 3.63) is 28.2 Å². The number of carbonyl (C=O) groups is 1. The van der Waals surface area contributed by atoms with Gasteiger partial charge in [0.2, 0.25) is 5.91 Å². The summed E-state index contributed by atoms with van der Waals surface area (Å²) in [6, 6.07) is 7.32. The van der Waals surface area contributed by atoms with Gasteiger partial charge in [-0.05, 0) is 24.6 Å². The number of amides is 1. The Balaban J connectivity index is 2.27. The number of carbonyl (C=O) groups excluding carboxylic acids is 1. The first-order valence-corrected chi connectivity index (χ1v) is 7.78. The summed E-state index contributed by atoms with van der Waals surface area (Å²) in [5.41, 5.74) is 1.33. The molecule has 1 aliphatic heterocycles. The highest BCUT2D eigenvalue weighted by molar-refractivity contribution is 9.10. The number of nitrogens with one attached hydrogen (secondary N) is 1. The first-order valence-electron chi connectivity index (χ1n) is 6.99. The van der Waals surface area contributed by atoms with Gasteiger partial charge in [-0.25, -0.2) is 0 Å². The van der Waals surface area contributed by atoms with E-state index in [1.54, 1.807) is 6.07 Å². The van der Waals surface area contributed by atoms with Gasteiger partial charge in [0.15, 0.2) is 0 Å². The molecule has 0 aliphatic carbocycles. The molecule has 5 nitrogen and oxygen atoms in total. The van der Waals surface area contributed by atoms with Gasteiger partial charge in [-0.15, -0.1) is 0 Å². The van der Waals surface area contributed by atoms with E-state index in [-0.39, 0.29) is 5.91 Å². The van der Waals surface area contributed by atoms with Crippen molar-refractivity contribution >= 4 is 27.5 Å². The molecule has 2 rings (SSSR count). The van der Waals surface area contributed by atoms with E-state index < -0.39 is 6.04 Å². The summed E-state index contributed by atoms with van der Waals surface area (Å²) < 4.78 is 6.29. The van der Waals surface area contributed by atoms with Crippen molar-refractivity contribution in [2.75, 3.05) is 31.2 Å². The van der Waals surface area contributed by atoms with E-state index in [2.05, 4.69) is 27.3 Å². The number of nitriles is 1. The monoisotopic (exact) mass is 351 g/mol. The molecule has 0 bridgehead atoms. The van der Waals surface area contributed by atoms with Gasteiger partial charge < -0.3 is 15.0 Å². The topological polar surface area (TPSA) is 65.4 Å². The smallest absolute Gasteiger partial charge is 0.245 e. The molecule has 1 N–H and O–H groups in total. The summed E-state index contributed by atoms with van der Waals surface area (Å²) in [6.07, 6.45) is 0.890. The number of nitrogens with zero attached hydrogens (tertiary/aromatic N) is 2. The Morgan fingerprint density at radius 2 is 2.43 bits per heavy atom. The maximum absolute atomic E-state index is 12.3. The minimum atomic E-state index is -0.390. The quantitative estimate of drug-likeness (QED) is 0.901. The molecule has 6 heteroatoms. The van der Waals surface area contributed by atoms with Gasteiger partial charge in [0.1, 0.15) is 12.1 Å². The van der Waals surface area contributed by atoms with Crippen LogP contribution in [0.2, 0.25) is 0 Å². The van der Waals surface area contributed by atoms with Crippen molar-refractivity contribution in [3.63, 3.8) is 0 Å². The summed E-state index contributed by atoms with van der Waals surface area (Å²) in [4.78, 5) is 14.2. The Kier molecular flexibility index (Phi) is 5.59. The van der Waals surface area contributed by atoms with Crippen LogP contribution in [0.3, 0.4) is 0 Å². The minimum Gasteiger partial charge on any atom is -0.377 e. The lowest BCUT2D eigenvalue weighted by Gasteiger charge is -2.36. The number of benzene rings is 1. The third-order valence-electron chi connectivity index (χ3n) is 3.37. The van der Waals surface area contributed by atoms with Crippen molar-refractivity contribution in [2.24, 2.45) is 0 Å². The highest BCUT2D eigenvalue weighted by Crippen LogP contribution is 2.27. The molecule has 21 heavy (non-hydrogen) atoms. The van der Waals surface area contributed by atoms with Gasteiger partial charge in [0, 0.05) is 17.6 Å². The second-order valence-corrected chi connectivity index (χ2v) is 5.76. The van der Waals surface area contributed by atoms with Gasteiger partial charge in [-0.1, -0.05) is 22.9 Å². The van der Waals surface area contributed by atoms with Gasteiger partial charge >= 0.3 is 0 Å². The van der Waals surface area contributed by atoms with Crippen LogP contribution in [-0.4, -0.2) is 38.3 Å². The van der Waals surface area contributed by atoms with Crippen molar-refractivity contribution in [1.82, 2.24) is 5.32 Å². The lowest BCUT2D eigenvalue weighted by atomic mass is 10.1. The number of hydrogen-bond donors (Lipinski definition) is 1. The van der Waals surface area contributed by atoms with Crippen LogP contribution in [-0.2, 0) is 9.53 Å². The van der Waals surface area contributed by atoms with Crippen LogP contribution in [0.15, 0.2) is 22.7 Å². The zero-order valence-corrected chi connectivity index (χ0v) is 13.5. The molecule has 0 spiro atoms. The van der Waals surface area contributed by atoms with Crippen molar-refractivity contribution in [2.45, 2.75) is 19.4 Å². The Morgan fingerprint density at radius 1 is 1.62 bits per heavy atom. The molecule has 1 saturated heterocycles. The average Bonchev–Trinajstić information content (AvgIpc) is 2.52. The van der Waals surface area contributed by atoms with E-state index in [1.165, 1.54) is 0 Å². The fourth-order valence-corrected chi connectivity index (χ4v) is 2.68. The Bertz CT molecular complexity index is 556. The number of ether oxygens (including phenoxy) is 1. The maximum atomic E-state index is 12.3. The molecule has 1 aromatic rings. The van der Waals surface area contributed by atoms with E-state index in [0.717, 1.165) is 16.6 Å². The third-order valence-corrected chi connectivity index (χ3v) is 3.86. The predicted molar refractivity (Wildman–Crippen MR) is 84.1 cm³/mol. The molecule has 1 fully saturated rings. The highest BCUT2D eigenvalue weighted by Gasteiger charge is 2.30. The van der Waals surface area contributed by atoms with Gasteiger partial charge in [0.25, 0.3) is 0 Å². The van der Waals surface area contributed by atoms with E-state index >= 15 is 0 Å². The van der Waals surface area contributed by atoms with Gasteiger partial charge in [-0.3, -0.25) is 4.79 Å². The molecule has 0 radical (unpaired) electrons. The van der Waals surface area contributed by atoms with E-state index in [0.29, 0.717) is 31.9 Å². The predicted octanol–water partition coefficient (Wildman–Crippen LogP) is 2.05. The summed E-state index contributed by atoms with van der Waals surface area (Å²) >= 11 is 3.37. The summed E-state index contributed by atoms with van der Waals surface area (Å²) in [5.74, 6) is -0.0524. The number of rotatable bonds is 4. The first-order chi connectivity index (χ1) is 10.2. The second-order valence-electron chi connectivity index (χ2n) is 4.85. The van der Waals surface area contributed by atoms with Crippen molar-refractivity contribution in [1.29, 1.82) is 5.26 Å². The van der Waals surface area contributed by atoms with Crippen molar-refractivity contribution < 1.29 is 9.53 Å². The number of hydrogen-bond acceptors (Lipinski definition) is 4. The number of morpholine rings is 1. The van der Waals surface area contributed by atoms with Crippen LogP contribution < -0.4 is 10.2 Å². The van der Waals surface area contributed by atoms with Crippen LogP contribution in [0.25, 0.3) is 0 Å². The molecule has 1 unspecified atom stereocenters. The Hall–Kier alpha value is -1.58. The zero-order chi connectivity index (χ0) is 15.2. The second kappa shape index (κ2) is 7.43. The molecule has 1 amide bonds. The van der Waals surface area contributed by atoms with E-state index in [9.17, 15) is 10.1 Å². The molecular weight excluding hydrogens is 334 g/mol. The third kappa shape index (κ3) is 3.74. The molecular formula is C15H18BrN3O2. The molecule has 1 heterocycles. The summed E-state index contributed by atoms with van der Waals surface area (Å²) in [5, 5.41) is 12.2. The maximum Gasteiger partial charge on any atom is 0.245 e. The molecule has 0 aromatic heterocycles. The van der Waals surface area contributed by atoms with Crippen LogP contribution >= 0.6 is 15.9 Å². The number of halogens is 1. The van der Waals surface area contributed by atoms with Crippen LogP contribution in [0, 0.1) is 11.3 Å². The van der Waals surface area contributed by atoms with E-state index in [4.69, 9.17) is 4.74 Å². The molecule has 0 saturated carbocycles.